The quantitative estimate of drug-likeness (QED) is 0.679. The van der Waals surface area contributed by atoms with Crippen molar-refractivity contribution in [1.29, 1.82) is 0 Å². The lowest BCUT2D eigenvalue weighted by Gasteiger charge is -2.27. The fourth-order valence-corrected chi connectivity index (χ4v) is 1.06. The van der Waals surface area contributed by atoms with Gasteiger partial charge in [0.05, 0.1) is 0 Å². The van der Waals surface area contributed by atoms with Crippen molar-refractivity contribution in [2.45, 2.75) is 6.10 Å². The van der Waals surface area contributed by atoms with Crippen molar-refractivity contribution in [2.75, 3.05) is 13.1 Å². The van der Waals surface area contributed by atoms with E-state index in [0.29, 0.717) is 6.10 Å². The molecule has 3 heteroatoms. The lowest BCUT2D eigenvalue weighted by atomic mass is 10.2. The topological polar surface area (TPSA) is 41.5 Å². The zero-order chi connectivity index (χ0) is 8.39. The van der Waals surface area contributed by atoms with Gasteiger partial charge in [0.2, 0.25) is 0 Å². The van der Waals surface area contributed by atoms with Crippen LogP contribution in [-0.2, 0) is 0 Å². The maximum atomic E-state index is 8.99. The lowest BCUT2D eigenvalue weighted by molar-refractivity contribution is 0.142. The van der Waals surface area contributed by atoms with Crippen molar-refractivity contribution >= 4 is 0 Å². The fourth-order valence-electron chi connectivity index (χ4n) is 1.06. The van der Waals surface area contributed by atoms with E-state index in [4.69, 9.17) is 9.84 Å². The highest BCUT2D eigenvalue weighted by Gasteiger charge is 2.17. The summed E-state index contributed by atoms with van der Waals surface area (Å²) in [5.41, 5.74) is 0. The number of benzene rings is 1. The minimum Gasteiger partial charge on any atom is -0.508 e. The Morgan fingerprint density at radius 1 is 1.25 bits per heavy atom. The van der Waals surface area contributed by atoms with E-state index in [2.05, 4.69) is 5.32 Å². The van der Waals surface area contributed by atoms with Crippen molar-refractivity contribution in [3.8, 4) is 11.5 Å². The highest BCUT2D eigenvalue weighted by molar-refractivity contribution is 5.30. The Kier molecular flexibility index (Phi) is 1.87. The summed E-state index contributed by atoms with van der Waals surface area (Å²) in [5, 5.41) is 12.1. The number of hydrogen-bond acceptors (Lipinski definition) is 3. The molecule has 1 aromatic rings. The van der Waals surface area contributed by atoms with Crippen LogP contribution in [0.15, 0.2) is 24.3 Å². The first-order chi connectivity index (χ1) is 5.84. The molecular formula is C9H11NO2. The molecule has 1 fully saturated rings. The van der Waals surface area contributed by atoms with Crippen molar-refractivity contribution < 1.29 is 9.84 Å². The molecule has 64 valence electrons. The third-order valence-corrected chi connectivity index (χ3v) is 1.88. The summed E-state index contributed by atoms with van der Waals surface area (Å²) >= 11 is 0. The molecule has 2 N–H and O–H groups in total. The van der Waals surface area contributed by atoms with Crippen LogP contribution in [0.25, 0.3) is 0 Å². The normalized spacial score (nSPS) is 17.0. The van der Waals surface area contributed by atoms with E-state index in [0.717, 1.165) is 18.8 Å². The molecule has 0 aliphatic carbocycles. The largest absolute Gasteiger partial charge is 0.508 e. The Balaban J connectivity index is 1.98. The molecule has 12 heavy (non-hydrogen) atoms. The first-order valence-corrected chi connectivity index (χ1v) is 4.01. The average molecular weight is 165 g/mol. The van der Waals surface area contributed by atoms with Gasteiger partial charge < -0.3 is 15.2 Å². The van der Waals surface area contributed by atoms with Gasteiger partial charge in [0, 0.05) is 13.1 Å². The van der Waals surface area contributed by atoms with Gasteiger partial charge in [-0.15, -0.1) is 0 Å². The van der Waals surface area contributed by atoms with Crippen molar-refractivity contribution in [3.63, 3.8) is 0 Å². The van der Waals surface area contributed by atoms with E-state index in [1.54, 1.807) is 24.3 Å². The van der Waals surface area contributed by atoms with Crippen LogP contribution in [0.5, 0.6) is 11.5 Å². The number of rotatable bonds is 2. The summed E-state index contributed by atoms with van der Waals surface area (Å²) < 4.78 is 5.53. The highest BCUT2D eigenvalue weighted by Crippen LogP contribution is 2.17. The Labute approximate surface area is 71.0 Å². The van der Waals surface area contributed by atoms with Gasteiger partial charge in [0.25, 0.3) is 0 Å². The maximum absolute atomic E-state index is 8.99. The van der Waals surface area contributed by atoms with Crippen LogP contribution in [-0.4, -0.2) is 24.3 Å². The Hall–Kier alpha value is -1.22. The molecule has 0 saturated carbocycles. The number of nitrogens with one attached hydrogen (secondary N) is 1. The van der Waals surface area contributed by atoms with Gasteiger partial charge in [-0.2, -0.15) is 0 Å². The molecule has 0 aromatic heterocycles. The molecule has 3 nitrogen and oxygen atoms in total. The van der Waals surface area contributed by atoms with Crippen LogP contribution in [0.3, 0.4) is 0 Å². The molecular weight excluding hydrogens is 154 g/mol. The number of hydrogen-bond donors (Lipinski definition) is 2. The van der Waals surface area contributed by atoms with Crippen LogP contribution < -0.4 is 10.1 Å². The first-order valence-electron chi connectivity index (χ1n) is 4.01. The van der Waals surface area contributed by atoms with Gasteiger partial charge in [0.15, 0.2) is 0 Å². The van der Waals surface area contributed by atoms with Gasteiger partial charge in [-0.25, -0.2) is 0 Å². The Morgan fingerprint density at radius 3 is 2.42 bits per heavy atom. The summed E-state index contributed by atoms with van der Waals surface area (Å²) in [6.45, 7) is 1.84. The van der Waals surface area contributed by atoms with Crippen LogP contribution in [0, 0.1) is 0 Å². The van der Waals surface area contributed by atoms with E-state index in [1.165, 1.54) is 0 Å². The second-order valence-electron chi connectivity index (χ2n) is 2.89. The van der Waals surface area contributed by atoms with Crippen LogP contribution in [0.4, 0.5) is 0 Å². The molecule has 1 aromatic carbocycles. The molecule has 1 aliphatic rings. The Morgan fingerprint density at radius 2 is 1.92 bits per heavy atom. The Bertz CT molecular complexity index is 254. The fraction of sp³-hybridized carbons (Fsp3) is 0.333. The molecule has 0 atom stereocenters. The van der Waals surface area contributed by atoms with E-state index >= 15 is 0 Å². The number of aromatic hydroxyl groups is 1. The first kappa shape index (κ1) is 7.43. The molecule has 0 spiro atoms. The summed E-state index contributed by atoms with van der Waals surface area (Å²) in [4.78, 5) is 0. The third-order valence-electron chi connectivity index (χ3n) is 1.88. The second-order valence-corrected chi connectivity index (χ2v) is 2.89. The van der Waals surface area contributed by atoms with Gasteiger partial charge in [-0.3, -0.25) is 0 Å². The maximum Gasteiger partial charge on any atom is 0.123 e. The zero-order valence-corrected chi connectivity index (χ0v) is 6.66. The van der Waals surface area contributed by atoms with E-state index in [9.17, 15) is 0 Å². The highest BCUT2D eigenvalue weighted by atomic mass is 16.5. The van der Waals surface area contributed by atoms with Gasteiger partial charge in [-0.1, -0.05) is 0 Å². The van der Waals surface area contributed by atoms with Crippen molar-refractivity contribution in [3.05, 3.63) is 24.3 Å². The molecule has 1 saturated heterocycles. The number of phenolic OH excluding ortho intramolecular Hbond substituents is 1. The molecule has 0 unspecified atom stereocenters. The molecule has 0 radical (unpaired) electrons. The molecule has 1 heterocycles. The van der Waals surface area contributed by atoms with E-state index in [1.807, 2.05) is 0 Å². The standard InChI is InChI=1S/C9H11NO2/c11-7-1-3-8(4-2-7)12-9-5-10-6-9/h1-4,9-11H,5-6H2. The van der Waals surface area contributed by atoms with Crippen molar-refractivity contribution in [1.82, 2.24) is 5.32 Å². The molecule has 1 aliphatic heterocycles. The minimum atomic E-state index is 0.272. The minimum absolute atomic E-state index is 0.272. The van der Waals surface area contributed by atoms with Gasteiger partial charge in [-0.05, 0) is 24.3 Å². The third kappa shape index (κ3) is 1.51. The van der Waals surface area contributed by atoms with Crippen LogP contribution in [0.1, 0.15) is 0 Å². The summed E-state index contributed by atoms with van der Waals surface area (Å²) in [6.07, 6.45) is 0.301. The zero-order valence-electron chi connectivity index (χ0n) is 6.66. The van der Waals surface area contributed by atoms with E-state index < -0.39 is 0 Å². The average Bonchev–Trinajstić information content (AvgIpc) is 2.00. The van der Waals surface area contributed by atoms with Crippen LogP contribution >= 0.6 is 0 Å². The lowest BCUT2D eigenvalue weighted by Crippen LogP contribution is -2.50. The smallest absolute Gasteiger partial charge is 0.123 e. The SMILES string of the molecule is Oc1ccc(OC2CNC2)cc1. The summed E-state index contributed by atoms with van der Waals surface area (Å²) in [6, 6.07) is 6.80. The molecule has 0 amide bonds. The number of ether oxygens (including phenoxy) is 1. The summed E-state index contributed by atoms with van der Waals surface area (Å²) in [5.74, 6) is 1.09. The van der Waals surface area contributed by atoms with Gasteiger partial charge >= 0.3 is 0 Å². The monoisotopic (exact) mass is 165 g/mol. The van der Waals surface area contributed by atoms with E-state index in [-0.39, 0.29) is 5.75 Å². The number of phenols is 1. The summed E-state index contributed by atoms with van der Waals surface area (Å²) in [7, 11) is 0. The predicted octanol–water partition coefficient (Wildman–Crippen LogP) is 0.743. The molecule has 2 rings (SSSR count). The van der Waals surface area contributed by atoms with Gasteiger partial charge in [0.1, 0.15) is 17.6 Å². The second kappa shape index (κ2) is 3.03. The van der Waals surface area contributed by atoms with Crippen LogP contribution in [0.2, 0.25) is 0 Å². The predicted molar refractivity (Wildman–Crippen MR) is 45.4 cm³/mol. The molecule has 0 bridgehead atoms. The van der Waals surface area contributed by atoms with Crippen molar-refractivity contribution in [2.24, 2.45) is 0 Å².